The van der Waals surface area contributed by atoms with E-state index in [1.165, 1.54) is 11.1 Å². The number of amides is 2. The van der Waals surface area contributed by atoms with Gasteiger partial charge in [-0.1, -0.05) is 42.5 Å². The molecule has 0 aliphatic carbocycles. The molecule has 3 aromatic carbocycles. The van der Waals surface area contributed by atoms with Crippen LogP contribution < -0.4 is 19.9 Å². The number of benzene rings is 3. The zero-order chi connectivity index (χ0) is 27.0. The molecule has 2 aliphatic rings. The van der Waals surface area contributed by atoms with Gasteiger partial charge in [-0.05, 0) is 73.3 Å². The highest BCUT2D eigenvalue weighted by molar-refractivity contribution is 5.95. The van der Waals surface area contributed by atoms with Crippen molar-refractivity contribution in [3.8, 4) is 5.75 Å². The number of nitrogens with one attached hydrogen (secondary N) is 1. The van der Waals surface area contributed by atoms with Crippen LogP contribution in [0.5, 0.6) is 5.75 Å². The lowest BCUT2D eigenvalue weighted by Gasteiger charge is -2.22. The Kier molecular flexibility index (Phi) is 8.91. The molecule has 0 radical (unpaired) electrons. The first-order valence-corrected chi connectivity index (χ1v) is 14.0. The summed E-state index contributed by atoms with van der Waals surface area (Å²) >= 11 is 0. The second kappa shape index (κ2) is 12.9. The van der Waals surface area contributed by atoms with E-state index in [2.05, 4.69) is 29.6 Å². The maximum atomic E-state index is 12.2. The van der Waals surface area contributed by atoms with Crippen molar-refractivity contribution < 1.29 is 19.4 Å². The summed E-state index contributed by atoms with van der Waals surface area (Å²) < 4.78 is 5.66. The van der Waals surface area contributed by atoms with Crippen molar-refractivity contribution in [2.75, 3.05) is 42.6 Å². The van der Waals surface area contributed by atoms with Gasteiger partial charge in [0.2, 0.25) is 11.8 Å². The third-order valence-electron chi connectivity index (χ3n) is 7.54. The summed E-state index contributed by atoms with van der Waals surface area (Å²) in [5, 5.41) is 13.7. The van der Waals surface area contributed by atoms with E-state index in [1.54, 1.807) is 0 Å². The largest absolute Gasteiger partial charge is 0.491 e. The fourth-order valence-electron chi connectivity index (χ4n) is 5.42. The van der Waals surface area contributed by atoms with Gasteiger partial charge in [-0.25, -0.2) is 0 Å². The van der Waals surface area contributed by atoms with Gasteiger partial charge in [-0.3, -0.25) is 9.59 Å². The Morgan fingerprint density at radius 1 is 0.769 bits per heavy atom. The van der Waals surface area contributed by atoms with Crippen LogP contribution in [0.15, 0.2) is 78.9 Å². The van der Waals surface area contributed by atoms with Crippen LogP contribution in [0.25, 0.3) is 0 Å². The Morgan fingerprint density at radius 2 is 1.31 bits per heavy atom. The van der Waals surface area contributed by atoms with Crippen molar-refractivity contribution in [1.82, 2.24) is 5.32 Å². The molecule has 39 heavy (non-hydrogen) atoms. The zero-order valence-corrected chi connectivity index (χ0v) is 22.3. The normalized spacial score (nSPS) is 16.4. The summed E-state index contributed by atoms with van der Waals surface area (Å²) in [4.78, 5) is 28.1. The van der Waals surface area contributed by atoms with E-state index in [9.17, 15) is 14.7 Å². The molecular formula is C32H37N3O4. The monoisotopic (exact) mass is 527 g/mol. The molecule has 2 fully saturated rings. The van der Waals surface area contributed by atoms with Crippen molar-refractivity contribution in [2.45, 2.75) is 44.1 Å². The second-order valence-electron chi connectivity index (χ2n) is 10.3. The number of hydrogen-bond acceptors (Lipinski definition) is 5. The Bertz CT molecular complexity index is 1160. The third kappa shape index (κ3) is 6.85. The number of aliphatic hydroxyl groups excluding tert-OH is 1. The first-order valence-electron chi connectivity index (χ1n) is 14.0. The summed E-state index contributed by atoms with van der Waals surface area (Å²) in [6, 6.07) is 26.1. The topological polar surface area (TPSA) is 82.1 Å². The fourth-order valence-corrected chi connectivity index (χ4v) is 5.42. The van der Waals surface area contributed by atoms with Crippen LogP contribution in [0.2, 0.25) is 0 Å². The molecule has 2 heterocycles. The number of carbonyl (C=O) groups excluding carboxylic acids is 2. The van der Waals surface area contributed by atoms with E-state index in [1.807, 2.05) is 64.4 Å². The highest BCUT2D eigenvalue weighted by Crippen LogP contribution is 2.32. The second-order valence-corrected chi connectivity index (χ2v) is 10.3. The highest BCUT2D eigenvalue weighted by atomic mass is 16.5. The van der Waals surface area contributed by atoms with Gasteiger partial charge in [0.1, 0.15) is 18.5 Å². The summed E-state index contributed by atoms with van der Waals surface area (Å²) in [6.45, 7) is 2.93. The third-order valence-corrected chi connectivity index (χ3v) is 7.54. The number of rotatable bonds is 12. The van der Waals surface area contributed by atoms with Crippen LogP contribution in [0.3, 0.4) is 0 Å². The van der Waals surface area contributed by atoms with Gasteiger partial charge in [-0.15, -0.1) is 0 Å². The summed E-state index contributed by atoms with van der Waals surface area (Å²) in [6.07, 6.45) is 3.26. The molecule has 1 atom stereocenters. The van der Waals surface area contributed by atoms with E-state index < -0.39 is 6.10 Å². The average Bonchev–Trinajstić information content (AvgIpc) is 3.60. The van der Waals surface area contributed by atoms with Crippen molar-refractivity contribution in [2.24, 2.45) is 0 Å². The van der Waals surface area contributed by atoms with Crippen molar-refractivity contribution in [1.29, 1.82) is 0 Å². The molecule has 0 aromatic heterocycles. The number of aliphatic hydroxyl groups is 1. The highest BCUT2D eigenvalue weighted by Gasteiger charge is 2.24. The minimum absolute atomic E-state index is 0.127. The minimum atomic E-state index is -0.613. The quantitative estimate of drug-likeness (QED) is 0.339. The summed E-state index contributed by atoms with van der Waals surface area (Å²) in [5.74, 6) is 1.24. The molecule has 7 heteroatoms. The van der Waals surface area contributed by atoms with Gasteiger partial charge in [0.25, 0.3) is 0 Å². The number of hydrogen-bond donors (Lipinski definition) is 2. The molecular weight excluding hydrogens is 490 g/mol. The molecule has 0 unspecified atom stereocenters. The molecule has 2 aliphatic heterocycles. The van der Waals surface area contributed by atoms with Crippen molar-refractivity contribution in [3.05, 3.63) is 90.0 Å². The molecule has 2 amide bonds. The molecule has 5 rings (SSSR count). The first-order chi connectivity index (χ1) is 19.1. The number of ether oxygens (including phenoxy) is 1. The standard InChI is InChI=1S/C32H37N3O4/c36-28(23-39-29-6-2-1-3-7-29)22-33-19-18-30(24-10-14-26(15-11-24)34-20-4-8-31(34)37)25-12-16-27(17-13-25)35-21-5-9-32(35)38/h1-3,6-7,10-17,28,30,33,36H,4-5,8-9,18-23H2/t28-/m0/s1. The number of para-hydroxylation sites is 1. The lowest BCUT2D eigenvalue weighted by Crippen LogP contribution is -2.32. The van der Waals surface area contributed by atoms with E-state index in [-0.39, 0.29) is 24.3 Å². The lowest BCUT2D eigenvalue weighted by molar-refractivity contribution is -0.117. The maximum Gasteiger partial charge on any atom is 0.227 e. The van der Waals surface area contributed by atoms with Crippen LogP contribution in [0.1, 0.15) is 49.1 Å². The summed E-state index contributed by atoms with van der Waals surface area (Å²) in [7, 11) is 0. The Balaban J connectivity index is 1.23. The first kappa shape index (κ1) is 26.9. The Morgan fingerprint density at radius 3 is 1.79 bits per heavy atom. The van der Waals surface area contributed by atoms with Crippen LogP contribution in [-0.4, -0.2) is 55.8 Å². The fraction of sp³-hybridized carbons (Fsp3) is 0.375. The lowest BCUT2D eigenvalue weighted by atomic mass is 9.88. The van der Waals surface area contributed by atoms with Gasteiger partial charge >= 0.3 is 0 Å². The van der Waals surface area contributed by atoms with E-state index >= 15 is 0 Å². The molecule has 2 saturated heterocycles. The molecule has 0 bridgehead atoms. The van der Waals surface area contributed by atoms with E-state index in [4.69, 9.17) is 4.74 Å². The van der Waals surface area contributed by atoms with Gasteiger partial charge in [-0.2, -0.15) is 0 Å². The molecule has 204 valence electrons. The van der Waals surface area contributed by atoms with Crippen LogP contribution >= 0.6 is 0 Å². The Labute approximate surface area is 230 Å². The van der Waals surface area contributed by atoms with Crippen LogP contribution in [0.4, 0.5) is 11.4 Å². The predicted octanol–water partition coefficient (Wildman–Crippen LogP) is 4.49. The van der Waals surface area contributed by atoms with Crippen molar-refractivity contribution >= 4 is 23.2 Å². The predicted molar refractivity (Wildman–Crippen MR) is 153 cm³/mol. The molecule has 3 aromatic rings. The summed E-state index contributed by atoms with van der Waals surface area (Å²) in [5.41, 5.74) is 4.24. The van der Waals surface area contributed by atoms with Gasteiger partial charge < -0.3 is 25.0 Å². The Hall–Kier alpha value is -3.68. The van der Waals surface area contributed by atoms with E-state index in [0.29, 0.717) is 25.9 Å². The van der Waals surface area contributed by atoms with Gasteiger partial charge in [0.05, 0.1) is 0 Å². The zero-order valence-electron chi connectivity index (χ0n) is 22.3. The SMILES string of the molecule is O=C1CCCN1c1ccc(C(CCNC[C@H](O)COc2ccccc2)c2ccc(N3CCCC3=O)cc2)cc1. The molecule has 0 spiro atoms. The van der Waals surface area contributed by atoms with E-state index in [0.717, 1.165) is 49.5 Å². The molecule has 0 saturated carbocycles. The average molecular weight is 528 g/mol. The van der Waals surface area contributed by atoms with Gasteiger partial charge in [0.15, 0.2) is 0 Å². The number of anilines is 2. The molecule has 7 nitrogen and oxygen atoms in total. The van der Waals surface area contributed by atoms with Gasteiger partial charge in [0, 0.05) is 49.8 Å². The smallest absolute Gasteiger partial charge is 0.227 e. The minimum Gasteiger partial charge on any atom is -0.491 e. The van der Waals surface area contributed by atoms with Crippen molar-refractivity contribution in [3.63, 3.8) is 0 Å². The van der Waals surface area contributed by atoms with Crippen LogP contribution in [0, 0.1) is 0 Å². The maximum absolute atomic E-state index is 12.2. The molecule has 2 N–H and O–H groups in total. The number of carbonyl (C=O) groups is 2. The number of nitrogens with zero attached hydrogens (tertiary/aromatic N) is 2. The van der Waals surface area contributed by atoms with Crippen LogP contribution in [-0.2, 0) is 9.59 Å².